The molecule has 5 nitrogen and oxygen atoms in total. The van der Waals surface area contributed by atoms with Gasteiger partial charge < -0.3 is 15.1 Å². The Hall–Kier alpha value is -1.22. The summed E-state index contributed by atoms with van der Waals surface area (Å²) in [6.07, 6.45) is 7.57. The van der Waals surface area contributed by atoms with Crippen LogP contribution < -0.4 is 10.6 Å². The van der Waals surface area contributed by atoms with Crippen molar-refractivity contribution in [1.82, 2.24) is 15.6 Å². The number of nitrogens with one attached hydrogen (secondary N) is 2. The molecule has 26 heavy (non-hydrogen) atoms. The summed E-state index contributed by atoms with van der Waals surface area (Å²) in [7, 11) is 0. The second-order valence-electron chi connectivity index (χ2n) is 6.22. The van der Waals surface area contributed by atoms with Crippen LogP contribution in [0.25, 0.3) is 11.5 Å². The summed E-state index contributed by atoms with van der Waals surface area (Å²) >= 11 is 1.96. The van der Waals surface area contributed by atoms with Gasteiger partial charge in [-0.1, -0.05) is 18.2 Å². The molecule has 0 aliphatic heterocycles. The first kappa shape index (κ1) is 21.1. The van der Waals surface area contributed by atoms with Gasteiger partial charge in [-0.25, -0.2) is 9.98 Å². The summed E-state index contributed by atoms with van der Waals surface area (Å²) in [5.74, 6) is 1.50. The Balaban J connectivity index is 0.00000243. The van der Waals surface area contributed by atoms with Crippen molar-refractivity contribution in [2.75, 3.05) is 12.8 Å². The van der Waals surface area contributed by atoms with Crippen molar-refractivity contribution in [3.05, 3.63) is 42.3 Å². The first-order valence-corrected chi connectivity index (χ1v) is 10.1. The van der Waals surface area contributed by atoms with Crippen molar-refractivity contribution in [3.63, 3.8) is 0 Å². The Morgan fingerprint density at radius 1 is 1.31 bits per heavy atom. The molecule has 1 saturated carbocycles. The number of hydrogen-bond donors (Lipinski definition) is 2. The van der Waals surface area contributed by atoms with Crippen LogP contribution in [-0.2, 0) is 6.54 Å². The smallest absolute Gasteiger partial charge is 0.226 e. The highest BCUT2D eigenvalue weighted by atomic mass is 127. The maximum atomic E-state index is 5.58. The summed E-state index contributed by atoms with van der Waals surface area (Å²) in [6.45, 7) is 3.43. The second-order valence-corrected chi connectivity index (χ2v) is 7.36. The van der Waals surface area contributed by atoms with E-state index in [-0.39, 0.29) is 24.0 Å². The lowest BCUT2D eigenvalue weighted by molar-refractivity contribution is 0.572. The molecule has 0 saturated heterocycles. The van der Waals surface area contributed by atoms with Gasteiger partial charge in [-0.2, -0.15) is 11.8 Å². The third-order valence-corrected chi connectivity index (χ3v) is 5.47. The van der Waals surface area contributed by atoms with Gasteiger partial charge in [0, 0.05) is 23.4 Å². The highest BCUT2D eigenvalue weighted by Gasteiger charge is 2.24. The Morgan fingerprint density at radius 2 is 2.12 bits per heavy atom. The zero-order valence-electron chi connectivity index (χ0n) is 15.3. The van der Waals surface area contributed by atoms with E-state index in [1.807, 2.05) is 42.1 Å². The van der Waals surface area contributed by atoms with Crippen LogP contribution in [0.2, 0.25) is 0 Å². The van der Waals surface area contributed by atoms with E-state index in [4.69, 9.17) is 4.42 Å². The molecule has 2 N–H and O–H groups in total. The number of halogens is 1. The van der Waals surface area contributed by atoms with Crippen molar-refractivity contribution in [2.45, 2.75) is 44.0 Å². The first-order valence-electron chi connectivity index (χ1n) is 8.86. The molecule has 2 unspecified atom stereocenters. The normalized spacial score (nSPS) is 19.8. The van der Waals surface area contributed by atoms with Gasteiger partial charge in [0.05, 0.1) is 6.54 Å². The number of oxazole rings is 1. The fraction of sp³-hybridized carbons (Fsp3) is 0.474. The van der Waals surface area contributed by atoms with E-state index in [1.54, 1.807) is 6.26 Å². The van der Waals surface area contributed by atoms with E-state index >= 15 is 0 Å². The first-order chi connectivity index (χ1) is 12.3. The summed E-state index contributed by atoms with van der Waals surface area (Å²) in [6, 6.07) is 10.4. The van der Waals surface area contributed by atoms with E-state index in [0.717, 1.165) is 29.0 Å². The van der Waals surface area contributed by atoms with Crippen molar-refractivity contribution >= 4 is 41.7 Å². The number of aliphatic imine (C=N–C) groups is 1. The summed E-state index contributed by atoms with van der Waals surface area (Å²) < 4.78 is 5.58. The molecule has 3 rings (SSSR count). The molecule has 0 radical (unpaired) electrons. The van der Waals surface area contributed by atoms with Crippen LogP contribution >= 0.6 is 35.7 Å². The van der Waals surface area contributed by atoms with E-state index in [2.05, 4.69) is 33.8 Å². The highest BCUT2D eigenvalue weighted by Crippen LogP contribution is 2.28. The van der Waals surface area contributed by atoms with Gasteiger partial charge in [0.25, 0.3) is 0 Å². The van der Waals surface area contributed by atoms with Crippen LogP contribution in [0.1, 0.15) is 31.9 Å². The topological polar surface area (TPSA) is 62.5 Å². The van der Waals surface area contributed by atoms with Crippen LogP contribution in [0.5, 0.6) is 0 Å². The molecule has 2 atom stereocenters. The number of thioether (sulfide) groups is 1. The van der Waals surface area contributed by atoms with Crippen molar-refractivity contribution in [1.29, 1.82) is 0 Å². The molecule has 142 valence electrons. The molecule has 1 fully saturated rings. The quantitative estimate of drug-likeness (QED) is 0.362. The van der Waals surface area contributed by atoms with Crippen molar-refractivity contribution in [2.24, 2.45) is 4.99 Å². The standard InChI is InChI=1S/C19H26N4OS.HI/c1-3-20-19(23-15-9-10-17(11-15)25-2)21-12-16-13-24-18(22-16)14-7-5-4-6-8-14;/h4-8,13,15,17H,3,9-12H2,1-2H3,(H2,20,21,23);1H. The van der Waals surface area contributed by atoms with Gasteiger partial charge in [0.2, 0.25) is 5.89 Å². The van der Waals surface area contributed by atoms with E-state index in [0.29, 0.717) is 18.5 Å². The van der Waals surface area contributed by atoms with Gasteiger partial charge in [-0.15, -0.1) is 24.0 Å². The summed E-state index contributed by atoms with van der Waals surface area (Å²) in [5.41, 5.74) is 1.82. The van der Waals surface area contributed by atoms with E-state index < -0.39 is 0 Å². The maximum Gasteiger partial charge on any atom is 0.226 e. The molecule has 2 aromatic rings. The minimum absolute atomic E-state index is 0. The second kappa shape index (κ2) is 10.8. The van der Waals surface area contributed by atoms with Crippen LogP contribution in [0.3, 0.4) is 0 Å². The summed E-state index contributed by atoms with van der Waals surface area (Å²) in [5, 5.41) is 7.65. The highest BCUT2D eigenvalue weighted by molar-refractivity contribution is 14.0. The number of aromatic nitrogens is 1. The van der Waals surface area contributed by atoms with Crippen LogP contribution in [0.4, 0.5) is 0 Å². The van der Waals surface area contributed by atoms with Crippen LogP contribution in [0, 0.1) is 0 Å². The Bertz CT molecular complexity index is 692. The van der Waals surface area contributed by atoms with Crippen LogP contribution in [-0.4, -0.2) is 35.0 Å². The number of rotatable bonds is 6. The molecule has 0 amide bonds. The fourth-order valence-electron chi connectivity index (χ4n) is 3.05. The molecular weight excluding hydrogens is 459 g/mol. The average molecular weight is 486 g/mol. The molecule has 1 heterocycles. The third-order valence-electron chi connectivity index (χ3n) is 4.37. The lowest BCUT2D eigenvalue weighted by atomic mass is 10.2. The third kappa shape index (κ3) is 5.90. The Morgan fingerprint density at radius 3 is 2.81 bits per heavy atom. The predicted octanol–water partition coefficient (Wildman–Crippen LogP) is 4.30. The molecule has 7 heteroatoms. The van der Waals surface area contributed by atoms with Crippen LogP contribution in [0.15, 0.2) is 46.0 Å². The molecule has 0 spiro atoms. The van der Waals surface area contributed by atoms with E-state index in [9.17, 15) is 0 Å². The van der Waals surface area contributed by atoms with Crippen molar-refractivity contribution in [3.8, 4) is 11.5 Å². The number of nitrogens with zero attached hydrogens (tertiary/aromatic N) is 2. The average Bonchev–Trinajstić information content (AvgIpc) is 3.30. The van der Waals surface area contributed by atoms with E-state index in [1.165, 1.54) is 19.3 Å². The van der Waals surface area contributed by atoms with Gasteiger partial charge in [0.1, 0.15) is 12.0 Å². The molecule has 1 aliphatic rings. The predicted molar refractivity (Wildman–Crippen MR) is 120 cm³/mol. The number of guanidine groups is 1. The van der Waals surface area contributed by atoms with Crippen molar-refractivity contribution < 1.29 is 4.42 Å². The molecule has 1 aliphatic carbocycles. The monoisotopic (exact) mass is 486 g/mol. The minimum Gasteiger partial charge on any atom is -0.444 e. The molecule has 0 bridgehead atoms. The van der Waals surface area contributed by atoms with Gasteiger partial charge >= 0.3 is 0 Å². The van der Waals surface area contributed by atoms with Gasteiger partial charge in [-0.3, -0.25) is 0 Å². The minimum atomic E-state index is 0. The largest absolute Gasteiger partial charge is 0.444 e. The summed E-state index contributed by atoms with van der Waals surface area (Å²) in [4.78, 5) is 9.21. The van der Waals surface area contributed by atoms with Gasteiger partial charge in [0.15, 0.2) is 5.96 Å². The lowest BCUT2D eigenvalue weighted by Crippen LogP contribution is -2.42. The SMILES string of the molecule is CCNC(=NCc1coc(-c2ccccc2)n1)NC1CCC(SC)C1.I. The number of benzene rings is 1. The Labute approximate surface area is 176 Å². The Kier molecular flexibility index (Phi) is 8.77. The fourth-order valence-corrected chi connectivity index (χ4v) is 3.85. The maximum absolute atomic E-state index is 5.58. The molecular formula is C19H27IN4OS. The zero-order chi connectivity index (χ0) is 17.5. The van der Waals surface area contributed by atoms with Gasteiger partial charge in [-0.05, 0) is 44.6 Å². The lowest BCUT2D eigenvalue weighted by Gasteiger charge is -2.17. The number of hydrogen-bond acceptors (Lipinski definition) is 4. The molecule has 1 aromatic heterocycles. The molecule has 1 aromatic carbocycles. The zero-order valence-corrected chi connectivity index (χ0v) is 18.4.